The van der Waals surface area contributed by atoms with E-state index < -0.39 is 0 Å². The maximum absolute atomic E-state index is 5.29. The molecule has 4 heteroatoms. The zero-order valence-corrected chi connectivity index (χ0v) is 10.2. The molecule has 2 rings (SSSR count). The smallest absolute Gasteiger partial charge is 0.148 e. The Morgan fingerprint density at radius 3 is 2.82 bits per heavy atom. The molecule has 0 aliphatic rings. The van der Waals surface area contributed by atoms with Gasteiger partial charge in [0.15, 0.2) is 0 Å². The first-order valence-corrected chi connectivity index (χ1v) is 5.83. The number of anilines is 1. The van der Waals surface area contributed by atoms with Crippen molar-refractivity contribution in [2.45, 2.75) is 32.7 Å². The van der Waals surface area contributed by atoms with Crippen LogP contribution in [0.4, 0.5) is 5.82 Å². The predicted molar refractivity (Wildman–Crippen MR) is 66.9 cm³/mol. The van der Waals surface area contributed by atoms with Gasteiger partial charge in [0, 0.05) is 12.5 Å². The van der Waals surface area contributed by atoms with Crippen molar-refractivity contribution >= 4 is 5.82 Å². The summed E-state index contributed by atoms with van der Waals surface area (Å²) in [7, 11) is 0. The highest BCUT2D eigenvalue weighted by Crippen LogP contribution is 2.09. The summed E-state index contributed by atoms with van der Waals surface area (Å²) in [5.74, 6) is 1.84. The summed E-state index contributed by atoms with van der Waals surface area (Å²) in [5, 5.41) is 11.4. The lowest BCUT2D eigenvalue weighted by Crippen LogP contribution is -2.17. The Balaban J connectivity index is 1.80. The average Bonchev–Trinajstić information content (AvgIpc) is 2.83. The van der Waals surface area contributed by atoms with Crippen molar-refractivity contribution in [3.63, 3.8) is 0 Å². The van der Waals surface area contributed by atoms with E-state index in [0.29, 0.717) is 6.04 Å². The minimum atomic E-state index is 0.345. The number of nitrogens with one attached hydrogen (secondary N) is 1. The topological polar surface area (TPSA) is 51.0 Å². The van der Waals surface area contributed by atoms with E-state index in [1.165, 1.54) is 0 Å². The SMILES string of the molecule is Cc1ccc(NC(C)CCc2ccco2)nn1. The Hall–Kier alpha value is -1.84. The molecule has 2 heterocycles. The van der Waals surface area contributed by atoms with Gasteiger partial charge in [0.25, 0.3) is 0 Å². The van der Waals surface area contributed by atoms with Crippen LogP contribution in [0.3, 0.4) is 0 Å². The predicted octanol–water partition coefficient (Wildman–Crippen LogP) is 2.81. The Labute approximate surface area is 101 Å². The fraction of sp³-hybridized carbons (Fsp3) is 0.385. The van der Waals surface area contributed by atoms with Crippen LogP contribution < -0.4 is 5.32 Å². The van der Waals surface area contributed by atoms with Crippen molar-refractivity contribution in [3.8, 4) is 0 Å². The Bertz CT molecular complexity index is 436. The summed E-state index contributed by atoms with van der Waals surface area (Å²) in [6, 6.07) is 8.16. The van der Waals surface area contributed by atoms with E-state index in [4.69, 9.17) is 4.42 Å². The van der Waals surface area contributed by atoms with Gasteiger partial charge in [-0.25, -0.2) is 0 Å². The lowest BCUT2D eigenvalue weighted by atomic mass is 10.1. The number of aromatic nitrogens is 2. The van der Waals surface area contributed by atoms with Gasteiger partial charge in [-0.05, 0) is 44.5 Å². The van der Waals surface area contributed by atoms with E-state index in [-0.39, 0.29) is 0 Å². The van der Waals surface area contributed by atoms with Gasteiger partial charge in [-0.15, -0.1) is 5.10 Å². The molecule has 0 saturated carbocycles. The van der Waals surface area contributed by atoms with Crippen molar-refractivity contribution in [1.82, 2.24) is 10.2 Å². The van der Waals surface area contributed by atoms with Crippen LogP contribution >= 0.6 is 0 Å². The first kappa shape index (κ1) is 11.6. The van der Waals surface area contributed by atoms with Crippen molar-refractivity contribution in [1.29, 1.82) is 0 Å². The van der Waals surface area contributed by atoms with Crippen molar-refractivity contribution in [2.75, 3.05) is 5.32 Å². The Morgan fingerprint density at radius 1 is 1.29 bits per heavy atom. The van der Waals surface area contributed by atoms with Crippen LogP contribution in [0.2, 0.25) is 0 Å². The molecular weight excluding hydrogens is 214 g/mol. The number of hydrogen-bond acceptors (Lipinski definition) is 4. The number of aryl methyl sites for hydroxylation is 2. The highest BCUT2D eigenvalue weighted by Gasteiger charge is 2.05. The molecule has 4 nitrogen and oxygen atoms in total. The van der Waals surface area contributed by atoms with Gasteiger partial charge in [-0.3, -0.25) is 0 Å². The number of nitrogens with zero attached hydrogens (tertiary/aromatic N) is 2. The molecule has 2 aromatic heterocycles. The second-order valence-corrected chi connectivity index (χ2v) is 4.22. The molecule has 90 valence electrons. The summed E-state index contributed by atoms with van der Waals surface area (Å²) >= 11 is 0. The molecule has 0 spiro atoms. The summed E-state index contributed by atoms with van der Waals surface area (Å²) in [6.07, 6.45) is 3.64. The maximum Gasteiger partial charge on any atom is 0.148 e. The van der Waals surface area contributed by atoms with Gasteiger partial charge in [-0.2, -0.15) is 5.10 Å². The molecular formula is C13H17N3O. The monoisotopic (exact) mass is 231 g/mol. The third kappa shape index (κ3) is 3.59. The fourth-order valence-electron chi connectivity index (χ4n) is 1.61. The van der Waals surface area contributed by atoms with Crippen molar-refractivity contribution < 1.29 is 4.42 Å². The van der Waals surface area contributed by atoms with Crippen LogP contribution in [0.5, 0.6) is 0 Å². The molecule has 2 aromatic rings. The zero-order valence-electron chi connectivity index (χ0n) is 10.2. The van der Waals surface area contributed by atoms with Gasteiger partial charge >= 0.3 is 0 Å². The third-order valence-corrected chi connectivity index (χ3v) is 2.60. The molecule has 0 fully saturated rings. The molecule has 0 amide bonds. The van der Waals surface area contributed by atoms with Crippen LogP contribution in [0.25, 0.3) is 0 Å². The largest absolute Gasteiger partial charge is 0.469 e. The minimum Gasteiger partial charge on any atom is -0.469 e. The Kier molecular flexibility index (Phi) is 3.75. The van der Waals surface area contributed by atoms with Gasteiger partial charge in [-0.1, -0.05) is 0 Å². The van der Waals surface area contributed by atoms with Gasteiger partial charge in [0.1, 0.15) is 11.6 Å². The minimum absolute atomic E-state index is 0.345. The van der Waals surface area contributed by atoms with Gasteiger partial charge < -0.3 is 9.73 Å². The van der Waals surface area contributed by atoms with Gasteiger partial charge in [0.05, 0.1) is 12.0 Å². The molecule has 0 aromatic carbocycles. The zero-order chi connectivity index (χ0) is 12.1. The lowest BCUT2D eigenvalue weighted by Gasteiger charge is -2.13. The molecule has 0 aliphatic heterocycles. The second kappa shape index (κ2) is 5.48. The quantitative estimate of drug-likeness (QED) is 0.859. The van der Waals surface area contributed by atoms with Crippen LogP contribution in [0, 0.1) is 6.92 Å². The molecule has 0 saturated heterocycles. The molecule has 0 radical (unpaired) electrons. The van der Waals surface area contributed by atoms with E-state index in [9.17, 15) is 0 Å². The van der Waals surface area contributed by atoms with Gasteiger partial charge in [0.2, 0.25) is 0 Å². The first-order chi connectivity index (χ1) is 8.24. The lowest BCUT2D eigenvalue weighted by molar-refractivity contribution is 0.494. The van der Waals surface area contributed by atoms with E-state index in [1.54, 1.807) is 6.26 Å². The van der Waals surface area contributed by atoms with Crippen LogP contribution in [0.1, 0.15) is 24.8 Å². The summed E-state index contributed by atoms with van der Waals surface area (Å²) in [6.45, 7) is 4.06. The third-order valence-electron chi connectivity index (χ3n) is 2.60. The fourth-order valence-corrected chi connectivity index (χ4v) is 1.61. The number of hydrogen-bond donors (Lipinski definition) is 1. The maximum atomic E-state index is 5.29. The van der Waals surface area contributed by atoms with E-state index >= 15 is 0 Å². The van der Waals surface area contributed by atoms with E-state index in [2.05, 4.69) is 22.4 Å². The highest BCUT2D eigenvalue weighted by atomic mass is 16.3. The molecule has 0 bridgehead atoms. The standard InChI is InChI=1S/C13H17N3O/c1-10(5-7-12-4-3-9-17-12)14-13-8-6-11(2)15-16-13/h3-4,6,8-10H,5,7H2,1-2H3,(H,14,16). The first-order valence-electron chi connectivity index (χ1n) is 5.83. The van der Waals surface area contributed by atoms with E-state index in [0.717, 1.165) is 30.1 Å². The molecule has 0 aliphatic carbocycles. The molecule has 1 unspecified atom stereocenters. The molecule has 1 N–H and O–H groups in total. The summed E-state index contributed by atoms with van der Waals surface area (Å²) in [4.78, 5) is 0. The molecule has 1 atom stereocenters. The summed E-state index contributed by atoms with van der Waals surface area (Å²) in [5.41, 5.74) is 0.929. The second-order valence-electron chi connectivity index (χ2n) is 4.22. The summed E-state index contributed by atoms with van der Waals surface area (Å²) < 4.78 is 5.29. The number of furan rings is 1. The number of rotatable bonds is 5. The van der Waals surface area contributed by atoms with Crippen molar-refractivity contribution in [3.05, 3.63) is 42.0 Å². The van der Waals surface area contributed by atoms with Crippen LogP contribution in [-0.2, 0) is 6.42 Å². The molecule has 17 heavy (non-hydrogen) atoms. The van der Waals surface area contributed by atoms with E-state index in [1.807, 2.05) is 31.2 Å². The Morgan fingerprint density at radius 2 is 2.18 bits per heavy atom. The van der Waals surface area contributed by atoms with Crippen LogP contribution in [0.15, 0.2) is 34.9 Å². The highest BCUT2D eigenvalue weighted by molar-refractivity contribution is 5.33. The average molecular weight is 231 g/mol. The van der Waals surface area contributed by atoms with Crippen molar-refractivity contribution in [2.24, 2.45) is 0 Å². The normalized spacial score (nSPS) is 12.4. The van der Waals surface area contributed by atoms with Crippen LogP contribution in [-0.4, -0.2) is 16.2 Å².